The molecule has 0 spiro atoms. The van der Waals surface area contributed by atoms with Crippen LogP contribution in [0.25, 0.3) is 0 Å². The standard InChI is InChI=1S/C14H21ClN2O/c1-11(12-3-4-12)17(7-8-18-2)10-14-9-13(15)5-6-16-14/h5-6,9,11-12H,3-4,7-8,10H2,1-2H3. The maximum Gasteiger partial charge on any atom is 0.0589 e. The van der Waals surface area contributed by atoms with Gasteiger partial charge >= 0.3 is 0 Å². The molecule has 1 aromatic heterocycles. The van der Waals surface area contributed by atoms with Gasteiger partial charge in [-0.2, -0.15) is 0 Å². The van der Waals surface area contributed by atoms with Crippen LogP contribution in [0, 0.1) is 5.92 Å². The van der Waals surface area contributed by atoms with Crippen LogP contribution in [0.15, 0.2) is 18.3 Å². The molecule has 0 aliphatic heterocycles. The van der Waals surface area contributed by atoms with Gasteiger partial charge in [-0.25, -0.2) is 0 Å². The topological polar surface area (TPSA) is 25.4 Å². The minimum absolute atomic E-state index is 0.598. The number of hydrogen-bond donors (Lipinski definition) is 0. The highest BCUT2D eigenvalue weighted by molar-refractivity contribution is 6.30. The number of aromatic nitrogens is 1. The lowest BCUT2D eigenvalue weighted by Crippen LogP contribution is -2.36. The van der Waals surface area contributed by atoms with Crippen molar-refractivity contribution in [2.45, 2.75) is 32.4 Å². The molecule has 0 saturated heterocycles. The Morgan fingerprint density at radius 2 is 2.33 bits per heavy atom. The number of halogens is 1. The Kier molecular flexibility index (Phi) is 4.98. The Hall–Kier alpha value is -0.640. The largest absolute Gasteiger partial charge is 0.383 e. The summed E-state index contributed by atoms with van der Waals surface area (Å²) in [5.74, 6) is 0.848. The Bertz CT molecular complexity index is 382. The molecular weight excluding hydrogens is 248 g/mol. The van der Waals surface area contributed by atoms with E-state index in [0.29, 0.717) is 6.04 Å². The smallest absolute Gasteiger partial charge is 0.0589 e. The maximum atomic E-state index is 6.00. The molecule has 1 fully saturated rings. The van der Waals surface area contributed by atoms with Gasteiger partial charge in [-0.3, -0.25) is 9.88 Å². The Balaban J connectivity index is 1.99. The van der Waals surface area contributed by atoms with Crippen molar-refractivity contribution in [3.8, 4) is 0 Å². The van der Waals surface area contributed by atoms with E-state index in [-0.39, 0.29) is 0 Å². The van der Waals surface area contributed by atoms with E-state index in [2.05, 4.69) is 16.8 Å². The fraction of sp³-hybridized carbons (Fsp3) is 0.643. The average Bonchev–Trinajstić information content (AvgIpc) is 3.18. The van der Waals surface area contributed by atoms with E-state index in [1.54, 1.807) is 13.3 Å². The highest BCUT2D eigenvalue weighted by Crippen LogP contribution is 2.35. The molecule has 0 bridgehead atoms. The summed E-state index contributed by atoms with van der Waals surface area (Å²) in [6.07, 6.45) is 4.48. The Labute approximate surface area is 114 Å². The van der Waals surface area contributed by atoms with Gasteiger partial charge in [0, 0.05) is 37.5 Å². The van der Waals surface area contributed by atoms with Gasteiger partial charge in [0.1, 0.15) is 0 Å². The van der Waals surface area contributed by atoms with E-state index >= 15 is 0 Å². The van der Waals surface area contributed by atoms with Crippen LogP contribution in [0.1, 0.15) is 25.5 Å². The lowest BCUT2D eigenvalue weighted by atomic mass is 10.1. The van der Waals surface area contributed by atoms with Crippen molar-refractivity contribution >= 4 is 11.6 Å². The molecule has 0 amide bonds. The first-order chi connectivity index (χ1) is 8.70. The number of nitrogens with zero attached hydrogens (tertiary/aromatic N) is 2. The molecule has 0 N–H and O–H groups in total. The number of methoxy groups -OCH3 is 1. The summed E-state index contributed by atoms with van der Waals surface area (Å²) in [6, 6.07) is 4.36. The van der Waals surface area contributed by atoms with Crippen LogP contribution < -0.4 is 0 Å². The zero-order valence-corrected chi connectivity index (χ0v) is 11.9. The predicted molar refractivity (Wildman–Crippen MR) is 73.7 cm³/mol. The molecule has 4 heteroatoms. The van der Waals surface area contributed by atoms with Crippen LogP contribution >= 0.6 is 11.6 Å². The van der Waals surface area contributed by atoms with Crippen molar-refractivity contribution in [3.63, 3.8) is 0 Å². The third-order valence-corrected chi connectivity index (χ3v) is 3.84. The number of hydrogen-bond acceptors (Lipinski definition) is 3. The monoisotopic (exact) mass is 268 g/mol. The molecule has 2 rings (SSSR count). The second-order valence-corrected chi connectivity index (χ2v) is 5.44. The fourth-order valence-electron chi connectivity index (χ4n) is 2.26. The first kappa shape index (κ1) is 13.8. The third-order valence-electron chi connectivity index (χ3n) is 3.61. The minimum atomic E-state index is 0.598. The van der Waals surface area contributed by atoms with E-state index < -0.39 is 0 Å². The minimum Gasteiger partial charge on any atom is -0.383 e. The molecule has 1 saturated carbocycles. The highest BCUT2D eigenvalue weighted by atomic mass is 35.5. The molecule has 1 heterocycles. The Morgan fingerprint density at radius 3 is 2.94 bits per heavy atom. The van der Waals surface area contributed by atoms with E-state index in [1.165, 1.54) is 12.8 Å². The molecule has 1 aromatic rings. The molecule has 1 unspecified atom stereocenters. The van der Waals surface area contributed by atoms with Crippen molar-refractivity contribution in [1.29, 1.82) is 0 Å². The second-order valence-electron chi connectivity index (χ2n) is 5.01. The van der Waals surface area contributed by atoms with Gasteiger partial charge in [0.15, 0.2) is 0 Å². The van der Waals surface area contributed by atoms with Crippen molar-refractivity contribution in [3.05, 3.63) is 29.0 Å². The summed E-state index contributed by atoms with van der Waals surface area (Å²) in [5, 5.41) is 0.755. The van der Waals surface area contributed by atoms with Gasteiger partial charge in [-0.05, 0) is 37.8 Å². The van der Waals surface area contributed by atoms with Gasteiger partial charge < -0.3 is 4.74 Å². The zero-order chi connectivity index (χ0) is 13.0. The molecule has 1 atom stereocenters. The summed E-state index contributed by atoms with van der Waals surface area (Å²) in [7, 11) is 1.75. The molecule has 1 aliphatic carbocycles. The first-order valence-electron chi connectivity index (χ1n) is 6.54. The van der Waals surface area contributed by atoms with Gasteiger partial charge in [0.05, 0.1) is 12.3 Å². The number of pyridine rings is 1. The van der Waals surface area contributed by atoms with Crippen LogP contribution in [-0.4, -0.2) is 36.2 Å². The summed E-state index contributed by atoms with van der Waals surface area (Å²) < 4.78 is 5.20. The van der Waals surface area contributed by atoms with Crippen LogP contribution in [0.4, 0.5) is 0 Å². The normalized spacial score (nSPS) is 17.1. The molecule has 0 radical (unpaired) electrons. The van der Waals surface area contributed by atoms with Crippen molar-refractivity contribution in [2.24, 2.45) is 5.92 Å². The van der Waals surface area contributed by atoms with Crippen molar-refractivity contribution in [1.82, 2.24) is 9.88 Å². The summed E-state index contributed by atoms with van der Waals surface area (Å²) >= 11 is 6.00. The van der Waals surface area contributed by atoms with Crippen LogP contribution in [0.3, 0.4) is 0 Å². The lowest BCUT2D eigenvalue weighted by Gasteiger charge is -2.28. The van der Waals surface area contributed by atoms with E-state index in [0.717, 1.165) is 36.3 Å². The molecule has 100 valence electrons. The highest BCUT2D eigenvalue weighted by Gasteiger charge is 2.31. The summed E-state index contributed by atoms with van der Waals surface area (Å²) in [4.78, 5) is 6.83. The number of ether oxygens (including phenoxy) is 1. The van der Waals surface area contributed by atoms with E-state index in [4.69, 9.17) is 16.3 Å². The molecule has 0 aromatic carbocycles. The Morgan fingerprint density at radius 1 is 1.56 bits per heavy atom. The van der Waals surface area contributed by atoms with Gasteiger partial charge in [0.25, 0.3) is 0 Å². The molecule has 18 heavy (non-hydrogen) atoms. The van der Waals surface area contributed by atoms with Gasteiger partial charge in [0.2, 0.25) is 0 Å². The van der Waals surface area contributed by atoms with Crippen LogP contribution in [-0.2, 0) is 11.3 Å². The zero-order valence-electron chi connectivity index (χ0n) is 11.1. The van der Waals surface area contributed by atoms with Crippen LogP contribution in [0.5, 0.6) is 0 Å². The summed E-state index contributed by atoms with van der Waals surface area (Å²) in [5.41, 5.74) is 1.03. The second kappa shape index (κ2) is 6.50. The predicted octanol–water partition coefficient (Wildman–Crippen LogP) is 2.98. The quantitative estimate of drug-likeness (QED) is 0.760. The number of rotatable bonds is 7. The van der Waals surface area contributed by atoms with Crippen molar-refractivity contribution in [2.75, 3.05) is 20.3 Å². The fourth-order valence-corrected chi connectivity index (χ4v) is 2.44. The van der Waals surface area contributed by atoms with Gasteiger partial charge in [-0.15, -0.1) is 0 Å². The maximum absolute atomic E-state index is 6.00. The first-order valence-corrected chi connectivity index (χ1v) is 6.92. The molecule has 3 nitrogen and oxygen atoms in total. The van der Waals surface area contributed by atoms with Crippen LogP contribution in [0.2, 0.25) is 5.02 Å². The third kappa shape index (κ3) is 3.94. The van der Waals surface area contributed by atoms with Crippen molar-refractivity contribution < 1.29 is 4.74 Å². The molecule has 1 aliphatic rings. The average molecular weight is 269 g/mol. The van der Waals surface area contributed by atoms with E-state index in [9.17, 15) is 0 Å². The molecular formula is C14H21ClN2O. The lowest BCUT2D eigenvalue weighted by molar-refractivity contribution is 0.110. The van der Waals surface area contributed by atoms with Gasteiger partial charge in [-0.1, -0.05) is 11.6 Å². The summed E-state index contributed by atoms with van der Waals surface area (Å²) in [6.45, 7) is 4.86. The van der Waals surface area contributed by atoms with E-state index in [1.807, 2.05) is 12.1 Å². The SMILES string of the molecule is COCCN(Cc1cc(Cl)ccn1)C(C)C1CC1.